The van der Waals surface area contributed by atoms with Crippen LogP contribution in [-0.2, 0) is 6.54 Å². The van der Waals surface area contributed by atoms with Gasteiger partial charge >= 0.3 is 0 Å². The quantitative estimate of drug-likeness (QED) is 0.810. The van der Waals surface area contributed by atoms with E-state index in [0.717, 1.165) is 18.9 Å². The van der Waals surface area contributed by atoms with Crippen LogP contribution in [0.1, 0.15) is 0 Å². The average Bonchev–Trinajstić information content (AvgIpc) is 2.74. The molecule has 2 rings (SSSR count). The average molecular weight is 207 g/mol. The Balaban J connectivity index is 1.81. The first-order valence-corrected chi connectivity index (χ1v) is 4.52. The van der Waals surface area contributed by atoms with Crippen LogP contribution < -0.4 is 5.32 Å². The number of nitrogens with zero attached hydrogens (tertiary/aromatic N) is 4. The Bertz CT molecular complexity index is 397. The van der Waals surface area contributed by atoms with E-state index in [1.165, 1.54) is 0 Å². The second-order valence-corrected chi connectivity index (χ2v) is 2.95. The van der Waals surface area contributed by atoms with Gasteiger partial charge in [0, 0.05) is 25.5 Å². The van der Waals surface area contributed by atoms with Gasteiger partial charge in [0.25, 0.3) is 0 Å². The summed E-state index contributed by atoms with van der Waals surface area (Å²) in [4.78, 5) is 11.5. The van der Waals surface area contributed by atoms with Gasteiger partial charge in [0.1, 0.15) is 0 Å². The highest BCUT2D eigenvalue weighted by Crippen LogP contribution is 1.97. The maximum atomic E-state index is 12.5. The molecule has 0 saturated carbocycles. The first-order chi connectivity index (χ1) is 7.34. The molecular weight excluding hydrogens is 197 g/mol. The Kier molecular flexibility index (Phi) is 2.87. The summed E-state index contributed by atoms with van der Waals surface area (Å²) in [5.41, 5.74) is 0. The van der Waals surface area contributed by atoms with Crippen LogP contribution in [0.5, 0.6) is 0 Å². The van der Waals surface area contributed by atoms with Crippen LogP contribution in [0.4, 0.5) is 10.3 Å². The van der Waals surface area contributed by atoms with E-state index in [-0.39, 0.29) is 0 Å². The highest BCUT2D eigenvalue weighted by molar-refractivity contribution is 5.21. The van der Waals surface area contributed by atoms with Crippen molar-refractivity contribution >= 4 is 5.95 Å². The second-order valence-electron chi connectivity index (χ2n) is 2.95. The Morgan fingerprint density at radius 3 is 2.80 bits per heavy atom. The first-order valence-electron chi connectivity index (χ1n) is 4.52. The van der Waals surface area contributed by atoms with Gasteiger partial charge in [-0.05, 0) is 0 Å². The van der Waals surface area contributed by atoms with E-state index >= 15 is 0 Å². The number of hydrogen-bond acceptors (Lipinski definition) is 4. The van der Waals surface area contributed by atoms with E-state index in [9.17, 15) is 4.39 Å². The van der Waals surface area contributed by atoms with Crippen molar-refractivity contribution in [3.63, 3.8) is 0 Å². The molecule has 0 aliphatic carbocycles. The van der Waals surface area contributed by atoms with E-state index in [4.69, 9.17) is 0 Å². The predicted octanol–water partition coefficient (Wildman–Crippen LogP) is 0.924. The van der Waals surface area contributed by atoms with E-state index < -0.39 is 5.82 Å². The molecule has 0 aromatic carbocycles. The maximum Gasteiger partial charge on any atom is 0.222 e. The first kappa shape index (κ1) is 9.57. The molecule has 6 heteroatoms. The number of imidazole rings is 1. The summed E-state index contributed by atoms with van der Waals surface area (Å²) in [6, 6.07) is 0. The molecular formula is C9H10FN5. The summed E-state index contributed by atoms with van der Waals surface area (Å²) in [6.07, 6.45) is 7.58. The largest absolute Gasteiger partial charge is 0.352 e. The number of nitrogens with one attached hydrogen (secondary N) is 1. The minimum absolute atomic E-state index is 0.427. The molecule has 5 nitrogen and oxygen atoms in total. The molecule has 1 N–H and O–H groups in total. The van der Waals surface area contributed by atoms with E-state index in [0.29, 0.717) is 12.5 Å². The zero-order valence-electron chi connectivity index (χ0n) is 7.97. The number of hydrogen-bond donors (Lipinski definition) is 1. The fourth-order valence-electron chi connectivity index (χ4n) is 1.12. The van der Waals surface area contributed by atoms with Crippen molar-refractivity contribution in [3.8, 4) is 0 Å². The van der Waals surface area contributed by atoms with Gasteiger partial charge in [0.2, 0.25) is 5.95 Å². The van der Waals surface area contributed by atoms with Crippen molar-refractivity contribution in [3.05, 3.63) is 36.9 Å². The molecule has 0 fully saturated rings. The molecule has 0 spiro atoms. The summed E-state index contributed by atoms with van der Waals surface area (Å²) < 4.78 is 14.4. The van der Waals surface area contributed by atoms with Crippen LogP contribution in [-0.4, -0.2) is 26.1 Å². The Morgan fingerprint density at radius 2 is 2.13 bits per heavy atom. The molecule has 0 aliphatic rings. The highest BCUT2D eigenvalue weighted by atomic mass is 19.1. The molecule has 0 atom stereocenters. The lowest BCUT2D eigenvalue weighted by molar-refractivity contribution is 0.613. The topological polar surface area (TPSA) is 55.6 Å². The minimum atomic E-state index is -0.435. The standard InChI is InChI=1S/C9H10FN5/c10-8-5-13-9(14-6-8)12-2-4-15-3-1-11-7-15/h1,3,5-7H,2,4H2,(H,12,13,14). The fourth-order valence-corrected chi connectivity index (χ4v) is 1.12. The monoisotopic (exact) mass is 207 g/mol. The van der Waals surface area contributed by atoms with E-state index in [1.807, 2.05) is 10.8 Å². The molecule has 0 amide bonds. The molecule has 0 radical (unpaired) electrons. The van der Waals surface area contributed by atoms with Crippen molar-refractivity contribution < 1.29 is 4.39 Å². The molecule has 0 aliphatic heterocycles. The third-order valence-corrected chi connectivity index (χ3v) is 1.83. The van der Waals surface area contributed by atoms with E-state index in [2.05, 4.69) is 20.3 Å². The van der Waals surface area contributed by atoms with E-state index in [1.54, 1.807) is 12.5 Å². The Labute approximate surface area is 86.0 Å². The zero-order valence-corrected chi connectivity index (χ0v) is 7.97. The zero-order chi connectivity index (χ0) is 10.5. The van der Waals surface area contributed by atoms with Gasteiger partial charge in [0.15, 0.2) is 5.82 Å². The fraction of sp³-hybridized carbons (Fsp3) is 0.222. The van der Waals surface area contributed by atoms with Gasteiger partial charge < -0.3 is 9.88 Å². The van der Waals surface area contributed by atoms with Crippen molar-refractivity contribution in [2.75, 3.05) is 11.9 Å². The lowest BCUT2D eigenvalue weighted by Crippen LogP contribution is -2.11. The van der Waals surface area contributed by atoms with Crippen LogP contribution in [0.15, 0.2) is 31.1 Å². The molecule has 2 aromatic heterocycles. The third kappa shape index (κ3) is 2.73. The van der Waals surface area contributed by atoms with Crippen LogP contribution in [0.25, 0.3) is 0 Å². The van der Waals surface area contributed by atoms with Gasteiger partial charge in [-0.1, -0.05) is 0 Å². The molecule has 0 unspecified atom stereocenters. The van der Waals surface area contributed by atoms with Crippen molar-refractivity contribution in [2.45, 2.75) is 6.54 Å². The van der Waals surface area contributed by atoms with Crippen LogP contribution in [0.3, 0.4) is 0 Å². The summed E-state index contributed by atoms with van der Waals surface area (Å²) >= 11 is 0. The third-order valence-electron chi connectivity index (χ3n) is 1.83. The summed E-state index contributed by atoms with van der Waals surface area (Å²) in [5.74, 6) is -0.00771. The van der Waals surface area contributed by atoms with Gasteiger partial charge in [-0.15, -0.1) is 0 Å². The smallest absolute Gasteiger partial charge is 0.222 e. The molecule has 0 saturated heterocycles. The lowest BCUT2D eigenvalue weighted by Gasteiger charge is -2.04. The molecule has 2 heterocycles. The lowest BCUT2D eigenvalue weighted by atomic mass is 10.6. The van der Waals surface area contributed by atoms with Crippen molar-refractivity contribution in [1.29, 1.82) is 0 Å². The summed E-state index contributed by atoms with van der Waals surface area (Å²) in [7, 11) is 0. The van der Waals surface area contributed by atoms with Crippen LogP contribution >= 0.6 is 0 Å². The van der Waals surface area contributed by atoms with Crippen LogP contribution in [0.2, 0.25) is 0 Å². The number of rotatable bonds is 4. The Hall–Kier alpha value is -1.98. The van der Waals surface area contributed by atoms with Crippen molar-refractivity contribution in [2.24, 2.45) is 0 Å². The molecule has 2 aromatic rings. The van der Waals surface area contributed by atoms with Crippen LogP contribution in [0, 0.1) is 5.82 Å². The second kappa shape index (κ2) is 4.50. The highest BCUT2D eigenvalue weighted by Gasteiger charge is 1.95. The number of halogens is 1. The van der Waals surface area contributed by atoms with Gasteiger partial charge in [-0.25, -0.2) is 19.3 Å². The van der Waals surface area contributed by atoms with Gasteiger partial charge in [-0.2, -0.15) is 0 Å². The van der Waals surface area contributed by atoms with Gasteiger partial charge in [0.05, 0.1) is 18.7 Å². The SMILES string of the molecule is Fc1cnc(NCCn2ccnc2)nc1. The maximum absolute atomic E-state index is 12.5. The molecule has 15 heavy (non-hydrogen) atoms. The van der Waals surface area contributed by atoms with Gasteiger partial charge in [-0.3, -0.25) is 0 Å². The number of anilines is 1. The summed E-state index contributed by atoms with van der Waals surface area (Å²) in [5, 5.41) is 2.97. The molecule has 78 valence electrons. The normalized spacial score (nSPS) is 10.2. The Morgan fingerprint density at radius 1 is 1.33 bits per heavy atom. The molecule has 0 bridgehead atoms. The van der Waals surface area contributed by atoms with Crippen molar-refractivity contribution in [1.82, 2.24) is 19.5 Å². The predicted molar refractivity (Wildman–Crippen MR) is 52.7 cm³/mol. The minimum Gasteiger partial charge on any atom is -0.352 e. The summed E-state index contributed by atoms with van der Waals surface area (Å²) in [6.45, 7) is 1.43. The number of aromatic nitrogens is 4.